The Labute approximate surface area is 228 Å². The third-order valence-electron chi connectivity index (χ3n) is 7.47. The van der Waals surface area contributed by atoms with Crippen LogP contribution in [0.25, 0.3) is 11.0 Å². The molecule has 1 heterocycles. The average molecular weight is 524 g/mol. The molecule has 1 fully saturated rings. The number of nitrogens with one attached hydrogen (secondary N) is 1. The van der Waals surface area contributed by atoms with Gasteiger partial charge in [-0.15, -0.1) is 5.10 Å². The van der Waals surface area contributed by atoms with Crippen LogP contribution in [0.4, 0.5) is 5.69 Å². The number of Topliss-reactive ketones (excluding diaryl/α,β-unsaturated/α-hetero) is 1. The van der Waals surface area contributed by atoms with E-state index >= 15 is 0 Å². The lowest BCUT2D eigenvalue weighted by molar-refractivity contribution is -0.127. The summed E-state index contributed by atoms with van der Waals surface area (Å²) < 4.78 is 1.56. The topological polar surface area (TPSA) is 97.2 Å². The molecule has 0 bridgehead atoms. The van der Waals surface area contributed by atoms with Crippen molar-refractivity contribution in [2.45, 2.75) is 64.6 Å². The molecule has 0 aliphatic heterocycles. The van der Waals surface area contributed by atoms with Crippen LogP contribution in [0.15, 0.2) is 72.8 Å². The Kier molecular flexibility index (Phi) is 7.81. The molecule has 8 heteroatoms. The number of carbonyl (C=O) groups excluding carboxylic acids is 3. The summed E-state index contributed by atoms with van der Waals surface area (Å²) in [4.78, 5) is 41.8. The van der Waals surface area contributed by atoms with Gasteiger partial charge >= 0.3 is 0 Å². The van der Waals surface area contributed by atoms with E-state index in [1.54, 1.807) is 33.8 Å². The van der Waals surface area contributed by atoms with Crippen LogP contribution >= 0.6 is 0 Å². The van der Waals surface area contributed by atoms with Crippen LogP contribution in [-0.2, 0) is 16.1 Å². The molecule has 4 aromatic rings. The van der Waals surface area contributed by atoms with Gasteiger partial charge in [-0.05, 0) is 74.2 Å². The van der Waals surface area contributed by atoms with Crippen molar-refractivity contribution in [3.8, 4) is 0 Å². The smallest absolute Gasteiger partial charge is 0.249 e. The molecule has 1 aliphatic carbocycles. The summed E-state index contributed by atoms with van der Waals surface area (Å²) in [6, 6.07) is 21.1. The highest BCUT2D eigenvalue weighted by Gasteiger charge is 2.35. The molecule has 5 rings (SSSR count). The van der Waals surface area contributed by atoms with Gasteiger partial charge in [0.05, 0.1) is 5.52 Å². The predicted molar refractivity (Wildman–Crippen MR) is 150 cm³/mol. The minimum atomic E-state index is -0.904. The summed E-state index contributed by atoms with van der Waals surface area (Å²) >= 11 is 0. The Morgan fingerprint density at radius 1 is 0.949 bits per heavy atom. The predicted octanol–water partition coefficient (Wildman–Crippen LogP) is 5.17. The number of carbonyl (C=O) groups is 3. The van der Waals surface area contributed by atoms with Crippen molar-refractivity contribution < 1.29 is 14.4 Å². The van der Waals surface area contributed by atoms with Crippen molar-refractivity contribution in [3.63, 3.8) is 0 Å². The van der Waals surface area contributed by atoms with Crippen molar-refractivity contribution in [2.75, 3.05) is 4.90 Å². The molecule has 0 saturated heterocycles. The Morgan fingerprint density at radius 2 is 1.64 bits per heavy atom. The zero-order valence-electron chi connectivity index (χ0n) is 22.3. The van der Waals surface area contributed by atoms with Gasteiger partial charge in [0.25, 0.3) is 0 Å². The van der Waals surface area contributed by atoms with Gasteiger partial charge in [-0.2, -0.15) is 0 Å². The Balaban J connectivity index is 1.58. The first-order valence-corrected chi connectivity index (χ1v) is 13.5. The normalized spacial score (nSPS) is 14.6. The summed E-state index contributed by atoms with van der Waals surface area (Å²) in [5.74, 6) is -0.601. The first kappa shape index (κ1) is 26.3. The van der Waals surface area contributed by atoms with E-state index in [9.17, 15) is 14.4 Å². The van der Waals surface area contributed by atoms with E-state index in [-0.39, 0.29) is 30.2 Å². The molecule has 1 aliphatic rings. The SMILES string of the molecule is CC(=O)c1ccc(N(C(=O)Cn2nnc3ccccc32)[C@H](C(=O)NC2CCCCC2)c2ccccc2C)cc1. The lowest BCUT2D eigenvalue weighted by Crippen LogP contribution is -2.48. The summed E-state index contributed by atoms with van der Waals surface area (Å²) in [6.45, 7) is 3.35. The monoisotopic (exact) mass is 523 g/mol. The number of fused-ring (bicyclic) bond motifs is 1. The maximum absolute atomic E-state index is 14.2. The largest absolute Gasteiger partial charge is 0.351 e. The first-order chi connectivity index (χ1) is 18.9. The number of para-hydroxylation sites is 1. The third-order valence-corrected chi connectivity index (χ3v) is 7.47. The van der Waals surface area contributed by atoms with Crippen molar-refractivity contribution >= 4 is 34.3 Å². The molecule has 200 valence electrons. The second-order valence-corrected chi connectivity index (χ2v) is 10.2. The van der Waals surface area contributed by atoms with Crippen molar-refractivity contribution in [2.24, 2.45) is 0 Å². The Hall–Kier alpha value is -4.33. The molecule has 0 radical (unpaired) electrons. The molecule has 2 amide bonds. The summed E-state index contributed by atoms with van der Waals surface area (Å²) in [5.41, 5.74) is 4.14. The number of nitrogens with zero attached hydrogens (tertiary/aromatic N) is 4. The average Bonchev–Trinajstić information content (AvgIpc) is 3.35. The second kappa shape index (κ2) is 11.6. The maximum Gasteiger partial charge on any atom is 0.249 e. The fourth-order valence-electron chi connectivity index (χ4n) is 5.35. The van der Waals surface area contributed by atoms with Gasteiger partial charge in [0, 0.05) is 17.3 Å². The highest BCUT2D eigenvalue weighted by molar-refractivity contribution is 6.02. The number of ketones is 1. The summed E-state index contributed by atoms with van der Waals surface area (Å²) in [6.07, 6.45) is 5.19. The zero-order valence-corrected chi connectivity index (χ0v) is 22.3. The van der Waals surface area contributed by atoms with E-state index in [1.165, 1.54) is 13.3 Å². The van der Waals surface area contributed by atoms with Crippen LogP contribution in [0, 0.1) is 6.92 Å². The molecule has 0 spiro atoms. The summed E-state index contributed by atoms with van der Waals surface area (Å²) in [5, 5.41) is 11.6. The number of aromatic nitrogens is 3. The highest BCUT2D eigenvalue weighted by atomic mass is 16.2. The number of hydrogen-bond acceptors (Lipinski definition) is 5. The van der Waals surface area contributed by atoms with Gasteiger partial charge in [0.2, 0.25) is 11.8 Å². The summed E-state index contributed by atoms with van der Waals surface area (Å²) in [7, 11) is 0. The van der Waals surface area contributed by atoms with E-state index in [4.69, 9.17) is 0 Å². The van der Waals surface area contributed by atoms with Crippen LogP contribution in [0.1, 0.15) is 66.6 Å². The lowest BCUT2D eigenvalue weighted by atomic mass is 9.93. The number of rotatable bonds is 8. The van der Waals surface area contributed by atoms with Crippen molar-refractivity contribution in [3.05, 3.63) is 89.5 Å². The molecular weight excluding hydrogens is 490 g/mol. The van der Waals surface area contributed by atoms with E-state index in [0.29, 0.717) is 16.8 Å². The number of hydrogen-bond donors (Lipinski definition) is 1. The number of aryl methyl sites for hydroxylation is 1. The van der Waals surface area contributed by atoms with Gasteiger partial charge in [-0.1, -0.05) is 60.9 Å². The van der Waals surface area contributed by atoms with E-state index < -0.39 is 6.04 Å². The maximum atomic E-state index is 14.2. The standard InChI is InChI=1S/C31H33N5O3/c1-21-10-6-7-13-26(21)30(31(39)32-24-11-4-3-5-12-24)36(25-18-16-23(17-19-25)22(2)37)29(38)20-35-28-15-9-8-14-27(28)33-34-35/h6-10,13-19,24,30H,3-5,11-12,20H2,1-2H3,(H,32,39)/t30-/m0/s1. The van der Waals surface area contributed by atoms with Crippen molar-refractivity contribution in [1.82, 2.24) is 20.3 Å². The molecule has 39 heavy (non-hydrogen) atoms. The van der Waals surface area contributed by atoms with Crippen LogP contribution in [0.3, 0.4) is 0 Å². The van der Waals surface area contributed by atoms with E-state index in [0.717, 1.165) is 42.3 Å². The van der Waals surface area contributed by atoms with Crippen LogP contribution in [-0.4, -0.2) is 38.6 Å². The van der Waals surface area contributed by atoms with Gasteiger partial charge in [-0.25, -0.2) is 4.68 Å². The van der Waals surface area contributed by atoms with Gasteiger partial charge in [0.1, 0.15) is 18.1 Å². The Bertz CT molecular complexity index is 1490. The minimum absolute atomic E-state index is 0.0704. The van der Waals surface area contributed by atoms with E-state index in [1.807, 2.05) is 55.5 Å². The first-order valence-electron chi connectivity index (χ1n) is 13.5. The fourth-order valence-corrected chi connectivity index (χ4v) is 5.35. The number of anilines is 1. The van der Waals surface area contributed by atoms with Crippen molar-refractivity contribution in [1.29, 1.82) is 0 Å². The molecule has 1 saturated carbocycles. The minimum Gasteiger partial charge on any atom is -0.351 e. The van der Waals surface area contributed by atoms with Crippen LogP contribution < -0.4 is 10.2 Å². The quantitative estimate of drug-likeness (QED) is 0.322. The molecule has 8 nitrogen and oxygen atoms in total. The molecule has 0 unspecified atom stereocenters. The molecule has 1 atom stereocenters. The second-order valence-electron chi connectivity index (χ2n) is 10.2. The zero-order chi connectivity index (χ0) is 27.4. The molecular formula is C31H33N5O3. The molecule has 1 aromatic heterocycles. The van der Waals surface area contributed by atoms with Crippen LogP contribution in [0.5, 0.6) is 0 Å². The van der Waals surface area contributed by atoms with Gasteiger partial charge in [0.15, 0.2) is 5.78 Å². The fraction of sp³-hybridized carbons (Fsp3) is 0.323. The highest BCUT2D eigenvalue weighted by Crippen LogP contribution is 2.31. The van der Waals surface area contributed by atoms with Gasteiger partial charge < -0.3 is 5.32 Å². The number of amides is 2. The number of benzene rings is 3. The van der Waals surface area contributed by atoms with E-state index in [2.05, 4.69) is 15.6 Å². The molecule has 1 N–H and O–H groups in total. The Morgan fingerprint density at radius 3 is 2.36 bits per heavy atom. The molecule has 3 aromatic carbocycles. The van der Waals surface area contributed by atoms with Crippen LogP contribution in [0.2, 0.25) is 0 Å². The lowest BCUT2D eigenvalue weighted by Gasteiger charge is -2.34. The van der Waals surface area contributed by atoms with Gasteiger partial charge in [-0.3, -0.25) is 19.3 Å². The third kappa shape index (κ3) is 5.74.